The molecule has 0 unspecified atom stereocenters. The molecule has 0 heterocycles. The van der Waals surface area contributed by atoms with Gasteiger partial charge < -0.3 is 5.11 Å². The molecular formula is C12H18BrNO3S. The molecule has 0 aliphatic rings. The van der Waals surface area contributed by atoms with E-state index in [9.17, 15) is 8.42 Å². The van der Waals surface area contributed by atoms with E-state index >= 15 is 0 Å². The highest BCUT2D eigenvalue weighted by atomic mass is 79.9. The van der Waals surface area contributed by atoms with E-state index in [1.54, 1.807) is 25.1 Å². The van der Waals surface area contributed by atoms with Gasteiger partial charge in [0.05, 0.1) is 4.90 Å². The highest BCUT2D eigenvalue weighted by Crippen LogP contribution is 2.20. The maximum absolute atomic E-state index is 12.1. The van der Waals surface area contributed by atoms with Crippen molar-refractivity contribution in [2.75, 3.05) is 6.61 Å². The fourth-order valence-corrected chi connectivity index (χ4v) is 3.36. The van der Waals surface area contributed by atoms with Crippen molar-refractivity contribution in [1.29, 1.82) is 0 Å². The van der Waals surface area contributed by atoms with E-state index in [0.29, 0.717) is 12.8 Å². The fourth-order valence-electron chi connectivity index (χ4n) is 1.53. The standard InChI is InChI=1S/C12H18BrNO3S/c1-9-5-6-11(8-12(9)13)18(16,17)14-10(2)4-3-7-15/h5-6,8,10,14-15H,3-4,7H2,1-2H3/t10-/m1/s1. The van der Waals surface area contributed by atoms with E-state index in [4.69, 9.17) is 5.11 Å². The third-order valence-electron chi connectivity index (χ3n) is 2.61. The van der Waals surface area contributed by atoms with Gasteiger partial charge in [0.2, 0.25) is 10.0 Å². The highest BCUT2D eigenvalue weighted by Gasteiger charge is 2.17. The average Bonchev–Trinajstić information content (AvgIpc) is 2.29. The molecule has 1 aromatic rings. The number of aliphatic hydroxyl groups excluding tert-OH is 1. The minimum atomic E-state index is -3.49. The number of rotatable bonds is 6. The zero-order valence-corrected chi connectivity index (χ0v) is 12.9. The number of benzene rings is 1. The third-order valence-corrected chi connectivity index (χ3v) is 5.05. The second-order valence-electron chi connectivity index (χ2n) is 4.30. The van der Waals surface area contributed by atoms with Gasteiger partial charge in [0.25, 0.3) is 0 Å². The molecule has 0 saturated carbocycles. The first-order chi connectivity index (χ1) is 8.36. The van der Waals surface area contributed by atoms with Crippen LogP contribution in [0.4, 0.5) is 0 Å². The van der Waals surface area contributed by atoms with Crippen molar-refractivity contribution in [1.82, 2.24) is 4.72 Å². The average molecular weight is 336 g/mol. The van der Waals surface area contributed by atoms with Crippen LogP contribution in [-0.4, -0.2) is 26.2 Å². The zero-order valence-electron chi connectivity index (χ0n) is 10.5. The SMILES string of the molecule is Cc1ccc(S(=O)(=O)N[C@H](C)CCCO)cc1Br. The number of aryl methyl sites for hydroxylation is 1. The molecule has 0 aliphatic heterocycles. The largest absolute Gasteiger partial charge is 0.396 e. The lowest BCUT2D eigenvalue weighted by Gasteiger charge is -2.14. The molecule has 0 fully saturated rings. The van der Waals surface area contributed by atoms with E-state index in [-0.39, 0.29) is 17.5 Å². The maximum atomic E-state index is 12.1. The van der Waals surface area contributed by atoms with Gasteiger partial charge in [-0.1, -0.05) is 22.0 Å². The molecule has 6 heteroatoms. The van der Waals surface area contributed by atoms with Crippen LogP contribution in [-0.2, 0) is 10.0 Å². The molecule has 0 bridgehead atoms. The van der Waals surface area contributed by atoms with Crippen molar-refractivity contribution >= 4 is 26.0 Å². The number of hydrogen-bond donors (Lipinski definition) is 2. The summed E-state index contributed by atoms with van der Waals surface area (Å²) in [4.78, 5) is 0.246. The van der Waals surface area contributed by atoms with Gasteiger partial charge in [-0.2, -0.15) is 0 Å². The van der Waals surface area contributed by atoms with Crippen molar-refractivity contribution in [2.24, 2.45) is 0 Å². The van der Waals surface area contributed by atoms with Gasteiger partial charge in [0.15, 0.2) is 0 Å². The Balaban J connectivity index is 2.83. The topological polar surface area (TPSA) is 66.4 Å². The summed E-state index contributed by atoms with van der Waals surface area (Å²) in [5.74, 6) is 0. The molecule has 0 radical (unpaired) electrons. The Hall–Kier alpha value is -0.430. The number of hydrogen-bond acceptors (Lipinski definition) is 3. The summed E-state index contributed by atoms with van der Waals surface area (Å²) >= 11 is 3.32. The van der Waals surface area contributed by atoms with Crippen molar-refractivity contribution in [2.45, 2.75) is 37.6 Å². The maximum Gasteiger partial charge on any atom is 0.240 e. The third kappa shape index (κ3) is 4.35. The van der Waals surface area contributed by atoms with Gasteiger partial charge in [-0.05, 0) is 44.4 Å². The number of halogens is 1. The van der Waals surface area contributed by atoms with Crippen LogP contribution in [0.3, 0.4) is 0 Å². The first-order valence-electron chi connectivity index (χ1n) is 5.76. The molecule has 0 spiro atoms. The Bertz CT molecular complexity index is 502. The quantitative estimate of drug-likeness (QED) is 0.837. The first-order valence-corrected chi connectivity index (χ1v) is 8.04. The van der Waals surface area contributed by atoms with E-state index in [1.807, 2.05) is 6.92 Å². The number of sulfonamides is 1. The summed E-state index contributed by atoms with van der Waals surface area (Å²) in [6.45, 7) is 3.76. The van der Waals surface area contributed by atoms with E-state index in [0.717, 1.165) is 10.0 Å². The second kappa shape index (κ2) is 6.65. The molecule has 102 valence electrons. The van der Waals surface area contributed by atoms with Crippen molar-refractivity contribution in [3.8, 4) is 0 Å². The van der Waals surface area contributed by atoms with Gasteiger partial charge in [-0.25, -0.2) is 13.1 Å². The monoisotopic (exact) mass is 335 g/mol. The van der Waals surface area contributed by atoms with Crippen LogP contribution >= 0.6 is 15.9 Å². The molecule has 0 aliphatic carbocycles. The Morgan fingerprint density at radius 3 is 2.67 bits per heavy atom. The predicted octanol–water partition coefficient (Wildman–Crippen LogP) is 2.20. The Labute approximate surface area is 117 Å². The zero-order chi connectivity index (χ0) is 13.8. The number of nitrogens with one attached hydrogen (secondary N) is 1. The highest BCUT2D eigenvalue weighted by molar-refractivity contribution is 9.10. The van der Waals surface area contributed by atoms with Gasteiger partial charge in [-0.15, -0.1) is 0 Å². The molecule has 0 amide bonds. The molecule has 0 saturated heterocycles. The molecular weight excluding hydrogens is 318 g/mol. The lowest BCUT2D eigenvalue weighted by molar-refractivity contribution is 0.279. The summed E-state index contributed by atoms with van der Waals surface area (Å²) in [7, 11) is -3.49. The van der Waals surface area contributed by atoms with Crippen molar-refractivity contribution < 1.29 is 13.5 Å². The normalized spacial score (nSPS) is 13.6. The van der Waals surface area contributed by atoms with Crippen LogP contribution in [0.2, 0.25) is 0 Å². The van der Waals surface area contributed by atoms with Gasteiger partial charge >= 0.3 is 0 Å². The minimum Gasteiger partial charge on any atom is -0.396 e. The lowest BCUT2D eigenvalue weighted by Crippen LogP contribution is -2.32. The Morgan fingerprint density at radius 2 is 2.11 bits per heavy atom. The van der Waals surface area contributed by atoms with Gasteiger partial charge in [0, 0.05) is 17.1 Å². The first kappa shape index (κ1) is 15.6. The van der Waals surface area contributed by atoms with E-state index in [1.165, 1.54) is 0 Å². The molecule has 2 N–H and O–H groups in total. The molecule has 1 aromatic carbocycles. The molecule has 0 aromatic heterocycles. The number of aliphatic hydroxyl groups is 1. The summed E-state index contributed by atoms with van der Waals surface area (Å²) in [5, 5.41) is 8.71. The van der Waals surface area contributed by atoms with E-state index in [2.05, 4.69) is 20.7 Å². The predicted molar refractivity (Wildman–Crippen MR) is 75.0 cm³/mol. The van der Waals surface area contributed by atoms with Crippen LogP contribution in [0.25, 0.3) is 0 Å². The van der Waals surface area contributed by atoms with Crippen LogP contribution in [0.5, 0.6) is 0 Å². The molecule has 1 rings (SSSR count). The summed E-state index contributed by atoms with van der Waals surface area (Å²) < 4.78 is 27.5. The van der Waals surface area contributed by atoms with E-state index < -0.39 is 10.0 Å². The summed E-state index contributed by atoms with van der Waals surface area (Å²) in [5.41, 5.74) is 0.988. The van der Waals surface area contributed by atoms with Gasteiger partial charge in [-0.3, -0.25) is 0 Å². The minimum absolute atomic E-state index is 0.0716. The van der Waals surface area contributed by atoms with Gasteiger partial charge in [0.1, 0.15) is 0 Å². The lowest BCUT2D eigenvalue weighted by atomic mass is 10.2. The van der Waals surface area contributed by atoms with Crippen LogP contribution in [0.1, 0.15) is 25.3 Å². The molecule has 1 atom stereocenters. The van der Waals surface area contributed by atoms with Crippen LogP contribution < -0.4 is 4.72 Å². The Kier molecular flexibility index (Phi) is 5.78. The summed E-state index contributed by atoms with van der Waals surface area (Å²) in [6, 6.07) is 4.75. The molecule has 4 nitrogen and oxygen atoms in total. The van der Waals surface area contributed by atoms with Crippen molar-refractivity contribution in [3.05, 3.63) is 28.2 Å². The van der Waals surface area contributed by atoms with Crippen LogP contribution in [0, 0.1) is 6.92 Å². The smallest absolute Gasteiger partial charge is 0.240 e. The van der Waals surface area contributed by atoms with Crippen LogP contribution in [0.15, 0.2) is 27.6 Å². The van der Waals surface area contributed by atoms with Crippen molar-refractivity contribution in [3.63, 3.8) is 0 Å². The Morgan fingerprint density at radius 1 is 1.44 bits per heavy atom. The summed E-state index contributed by atoms with van der Waals surface area (Å²) in [6.07, 6.45) is 1.20. The fraction of sp³-hybridized carbons (Fsp3) is 0.500. The molecule has 18 heavy (non-hydrogen) atoms. The second-order valence-corrected chi connectivity index (χ2v) is 6.87.